The summed E-state index contributed by atoms with van der Waals surface area (Å²) in [7, 11) is 0. The fourth-order valence-corrected chi connectivity index (χ4v) is 8.40. The molecule has 4 heteroatoms. The highest BCUT2D eigenvalue weighted by atomic mass is 15.0. The summed E-state index contributed by atoms with van der Waals surface area (Å²) in [6, 6.07) is 70.6. The van der Waals surface area contributed by atoms with Crippen LogP contribution in [0.4, 0.5) is 0 Å². The molecular formula is C54H34N4. The Morgan fingerprint density at radius 3 is 1.36 bits per heavy atom. The molecule has 11 rings (SSSR count). The SMILES string of the molecule is c1ccc(-c2nc(-c3ccccc3)nc(-c3cc(-c4ccc(-c5ccnc6ccccc56)cc4)cc(-c4cccc5c6ccccc6c6ccccc6c45)c3)n2)cc1. The minimum atomic E-state index is 0.617. The van der Waals surface area contributed by atoms with Gasteiger partial charge in [-0.3, -0.25) is 4.98 Å². The molecule has 0 fully saturated rings. The third kappa shape index (κ3) is 5.87. The molecule has 0 amide bonds. The first-order chi connectivity index (χ1) is 28.7. The van der Waals surface area contributed by atoms with Crippen LogP contribution in [0.5, 0.6) is 0 Å². The second-order valence-electron chi connectivity index (χ2n) is 14.6. The fourth-order valence-electron chi connectivity index (χ4n) is 8.40. The van der Waals surface area contributed by atoms with Crippen molar-refractivity contribution in [1.29, 1.82) is 0 Å². The van der Waals surface area contributed by atoms with Crippen molar-refractivity contribution in [1.82, 2.24) is 19.9 Å². The summed E-state index contributed by atoms with van der Waals surface area (Å²) in [4.78, 5) is 20.0. The van der Waals surface area contributed by atoms with Gasteiger partial charge < -0.3 is 0 Å². The molecule has 11 aromatic rings. The highest BCUT2D eigenvalue weighted by Crippen LogP contribution is 2.42. The Labute approximate surface area is 335 Å². The maximum atomic E-state index is 5.18. The van der Waals surface area contributed by atoms with Gasteiger partial charge in [-0.1, -0.05) is 170 Å². The summed E-state index contributed by atoms with van der Waals surface area (Å²) in [5.41, 5.74) is 10.5. The fraction of sp³-hybridized carbons (Fsp3) is 0. The zero-order chi connectivity index (χ0) is 38.4. The molecule has 0 aliphatic carbocycles. The third-order valence-corrected chi connectivity index (χ3v) is 11.1. The van der Waals surface area contributed by atoms with E-state index in [2.05, 4.69) is 163 Å². The predicted molar refractivity (Wildman–Crippen MR) is 240 cm³/mol. The van der Waals surface area contributed by atoms with Crippen LogP contribution in [-0.4, -0.2) is 19.9 Å². The highest BCUT2D eigenvalue weighted by Gasteiger charge is 2.18. The van der Waals surface area contributed by atoms with Gasteiger partial charge in [0.25, 0.3) is 0 Å². The monoisotopic (exact) mass is 738 g/mol. The normalized spacial score (nSPS) is 11.4. The van der Waals surface area contributed by atoms with E-state index in [4.69, 9.17) is 15.0 Å². The highest BCUT2D eigenvalue weighted by molar-refractivity contribution is 6.28. The summed E-state index contributed by atoms with van der Waals surface area (Å²) < 4.78 is 0. The van der Waals surface area contributed by atoms with Gasteiger partial charge >= 0.3 is 0 Å². The number of fused-ring (bicyclic) bond motifs is 7. The Morgan fingerprint density at radius 1 is 0.259 bits per heavy atom. The van der Waals surface area contributed by atoms with Gasteiger partial charge in [-0.15, -0.1) is 0 Å². The second kappa shape index (κ2) is 14.0. The largest absolute Gasteiger partial charge is 0.256 e. The van der Waals surface area contributed by atoms with E-state index in [1.54, 1.807) is 0 Å². The first kappa shape index (κ1) is 33.5. The molecule has 0 aliphatic rings. The Morgan fingerprint density at radius 2 is 0.724 bits per heavy atom. The van der Waals surface area contributed by atoms with Crippen LogP contribution in [0.25, 0.3) is 111 Å². The van der Waals surface area contributed by atoms with Crippen LogP contribution < -0.4 is 0 Å². The van der Waals surface area contributed by atoms with E-state index in [0.717, 1.165) is 61.0 Å². The van der Waals surface area contributed by atoms with E-state index < -0.39 is 0 Å². The van der Waals surface area contributed by atoms with Crippen LogP contribution in [0.3, 0.4) is 0 Å². The van der Waals surface area contributed by atoms with Crippen LogP contribution in [0, 0.1) is 0 Å². The molecule has 0 atom stereocenters. The van der Waals surface area contributed by atoms with Gasteiger partial charge in [-0.2, -0.15) is 0 Å². The Balaban J connectivity index is 1.16. The first-order valence-corrected chi connectivity index (χ1v) is 19.5. The zero-order valence-electron chi connectivity index (χ0n) is 31.4. The summed E-state index contributed by atoms with van der Waals surface area (Å²) in [5, 5.41) is 8.56. The van der Waals surface area contributed by atoms with Crippen LogP contribution in [0.1, 0.15) is 0 Å². The molecule has 0 saturated heterocycles. The molecule has 0 N–H and O–H groups in total. The number of hydrogen-bond acceptors (Lipinski definition) is 4. The molecule has 0 unspecified atom stereocenters. The van der Waals surface area contributed by atoms with Crippen LogP contribution >= 0.6 is 0 Å². The van der Waals surface area contributed by atoms with Gasteiger partial charge in [-0.25, -0.2) is 15.0 Å². The molecular weight excluding hydrogens is 705 g/mol. The minimum absolute atomic E-state index is 0.617. The maximum Gasteiger partial charge on any atom is 0.164 e. The van der Waals surface area contributed by atoms with E-state index in [0.29, 0.717) is 17.5 Å². The molecule has 0 aliphatic heterocycles. The van der Waals surface area contributed by atoms with Crippen LogP contribution in [0.15, 0.2) is 206 Å². The number of pyridine rings is 1. The Hall–Kier alpha value is -7.82. The summed E-state index contributed by atoms with van der Waals surface area (Å²) in [6.45, 7) is 0. The third-order valence-electron chi connectivity index (χ3n) is 11.1. The Kier molecular flexibility index (Phi) is 8.11. The molecule has 9 aromatic carbocycles. The molecule has 0 spiro atoms. The lowest BCUT2D eigenvalue weighted by Crippen LogP contribution is -2.00. The number of para-hydroxylation sites is 1. The lowest BCUT2D eigenvalue weighted by Gasteiger charge is -2.16. The zero-order valence-corrected chi connectivity index (χ0v) is 31.4. The molecule has 2 aromatic heterocycles. The van der Waals surface area contributed by atoms with Gasteiger partial charge in [0, 0.05) is 28.3 Å². The molecule has 58 heavy (non-hydrogen) atoms. The van der Waals surface area contributed by atoms with Crippen molar-refractivity contribution in [3.8, 4) is 67.5 Å². The number of benzene rings is 9. The molecule has 0 radical (unpaired) electrons. The van der Waals surface area contributed by atoms with Crippen LogP contribution in [-0.2, 0) is 0 Å². The maximum absolute atomic E-state index is 5.18. The first-order valence-electron chi connectivity index (χ1n) is 19.5. The van der Waals surface area contributed by atoms with E-state index in [9.17, 15) is 0 Å². The topological polar surface area (TPSA) is 51.6 Å². The van der Waals surface area contributed by atoms with Crippen molar-refractivity contribution < 1.29 is 0 Å². The summed E-state index contributed by atoms with van der Waals surface area (Å²) >= 11 is 0. The van der Waals surface area contributed by atoms with Crippen LogP contribution in [0.2, 0.25) is 0 Å². The van der Waals surface area contributed by atoms with E-state index in [1.807, 2.05) is 48.7 Å². The van der Waals surface area contributed by atoms with Crippen molar-refractivity contribution >= 4 is 43.2 Å². The number of nitrogens with zero attached hydrogens (tertiary/aromatic N) is 4. The predicted octanol–water partition coefficient (Wildman–Crippen LogP) is 13.9. The average molecular weight is 739 g/mol. The smallest absolute Gasteiger partial charge is 0.164 e. The van der Waals surface area contributed by atoms with E-state index >= 15 is 0 Å². The molecule has 0 saturated carbocycles. The number of hydrogen-bond donors (Lipinski definition) is 0. The lowest BCUT2D eigenvalue weighted by molar-refractivity contribution is 1.07. The minimum Gasteiger partial charge on any atom is -0.256 e. The quantitative estimate of drug-likeness (QED) is 0.159. The van der Waals surface area contributed by atoms with E-state index in [1.165, 1.54) is 32.3 Å². The van der Waals surface area contributed by atoms with Gasteiger partial charge in [-0.05, 0) is 96.0 Å². The average Bonchev–Trinajstić information content (AvgIpc) is 3.31. The summed E-state index contributed by atoms with van der Waals surface area (Å²) in [5.74, 6) is 1.88. The van der Waals surface area contributed by atoms with Crippen molar-refractivity contribution in [3.05, 3.63) is 206 Å². The van der Waals surface area contributed by atoms with Gasteiger partial charge in [0.05, 0.1) is 5.52 Å². The molecule has 2 heterocycles. The summed E-state index contributed by atoms with van der Waals surface area (Å²) in [6.07, 6.45) is 1.89. The van der Waals surface area contributed by atoms with Gasteiger partial charge in [0.1, 0.15) is 0 Å². The lowest BCUT2D eigenvalue weighted by atomic mass is 9.88. The molecule has 270 valence electrons. The number of rotatable bonds is 6. The standard InChI is InChI=1S/C54H34N4/c1-3-14-37(15-4-1)52-56-53(38-16-5-2-6-17-38)58-54(57-52)41-33-39(35-26-28-36(29-27-35)42-30-31-55-50-25-12-11-21-47(42)50)32-40(34-41)43-23-13-24-49-46-19-8-7-18-44(46)45-20-9-10-22-48(45)51(43)49/h1-34H. The van der Waals surface area contributed by atoms with Crippen molar-refractivity contribution in [2.24, 2.45) is 0 Å². The van der Waals surface area contributed by atoms with E-state index in [-0.39, 0.29) is 0 Å². The van der Waals surface area contributed by atoms with Gasteiger partial charge in [0.15, 0.2) is 17.5 Å². The molecule has 0 bridgehead atoms. The van der Waals surface area contributed by atoms with Gasteiger partial charge in [0.2, 0.25) is 0 Å². The number of aromatic nitrogens is 4. The second-order valence-corrected chi connectivity index (χ2v) is 14.6. The van der Waals surface area contributed by atoms with Crippen molar-refractivity contribution in [2.45, 2.75) is 0 Å². The van der Waals surface area contributed by atoms with Crippen molar-refractivity contribution in [2.75, 3.05) is 0 Å². The van der Waals surface area contributed by atoms with Crippen molar-refractivity contribution in [3.63, 3.8) is 0 Å². The molecule has 4 nitrogen and oxygen atoms in total. The Bertz CT molecular complexity index is 3210.